The number of thiophene rings is 1. The topological polar surface area (TPSA) is 50.7 Å². The van der Waals surface area contributed by atoms with E-state index in [2.05, 4.69) is 12.2 Å². The van der Waals surface area contributed by atoms with Crippen LogP contribution in [0.2, 0.25) is 0 Å². The molecule has 3 atom stereocenters. The number of fused-ring (bicyclic) bond motifs is 2. The van der Waals surface area contributed by atoms with Gasteiger partial charge in [0.05, 0.1) is 19.8 Å². The molecule has 0 saturated carbocycles. The van der Waals surface area contributed by atoms with Crippen molar-refractivity contribution in [1.29, 1.82) is 0 Å². The van der Waals surface area contributed by atoms with E-state index >= 15 is 0 Å². The van der Waals surface area contributed by atoms with E-state index in [-0.39, 0.29) is 11.9 Å². The molecule has 1 aliphatic heterocycles. The van der Waals surface area contributed by atoms with Crippen LogP contribution in [0.25, 0.3) is 10.1 Å². The van der Waals surface area contributed by atoms with Gasteiger partial charge < -0.3 is 19.9 Å². The molecule has 2 N–H and O–H groups in total. The summed E-state index contributed by atoms with van der Waals surface area (Å²) in [6, 6.07) is 10.9. The standard InChI is InChI=1S/C24H28FNO3S/c1-3-20(15-11-18-22(28-2)5-4-6-23(18)29-13-15)26-10-9-21(27)19-14-30-24-8-7-16(25)12-17(19)24/h4-8,12,14-15,20-21,26-27H,3,9-11,13H2,1-2H3. The zero-order valence-corrected chi connectivity index (χ0v) is 18.2. The number of aliphatic hydroxyl groups excluding tert-OH is 1. The maximum atomic E-state index is 13.6. The lowest BCUT2D eigenvalue weighted by molar-refractivity contribution is 0.154. The Morgan fingerprint density at radius 1 is 1.33 bits per heavy atom. The lowest BCUT2D eigenvalue weighted by Crippen LogP contribution is -2.42. The molecular formula is C24H28FNO3S. The summed E-state index contributed by atoms with van der Waals surface area (Å²) in [6.07, 6.45) is 1.84. The summed E-state index contributed by atoms with van der Waals surface area (Å²) in [4.78, 5) is 0. The van der Waals surface area contributed by atoms with Gasteiger partial charge in [0.25, 0.3) is 0 Å². The van der Waals surface area contributed by atoms with Gasteiger partial charge in [-0.1, -0.05) is 13.0 Å². The molecule has 3 aromatic rings. The first-order chi connectivity index (χ1) is 14.6. The second-order valence-corrected chi connectivity index (χ2v) is 8.73. The van der Waals surface area contributed by atoms with Crippen LogP contribution in [0.1, 0.15) is 37.0 Å². The molecule has 2 heterocycles. The smallest absolute Gasteiger partial charge is 0.126 e. The van der Waals surface area contributed by atoms with Crippen molar-refractivity contribution in [2.45, 2.75) is 38.3 Å². The van der Waals surface area contributed by atoms with Crippen molar-refractivity contribution in [3.05, 3.63) is 58.7 Å². The number of halogens is 1. The highest BCUT2D eigenvalue weighted by molar-refractivity contribution is 7.17. The minimum absolute atomic E-state index is 0.272. The zero-order chi connectivity index (χ0) is 21.1. The van der Waals surface area contributed by atoms with Crippen molar-refractivity contribution >= 4 is 21.4 Å². The Morgan fingerprint density at radius 3 is 3.00 bits per heavy atom. The third-order valence-electron chi connectivity index (χ3n) is 5.99. The zero-order valence-electron chi connectivity index (χ0n) is 17.4. The Hall–Kier alpha value is -2.15. The van der Waals surface area contributed by atoms with Gasteiger partial charge in [0.15, 0.2) is 0 Å². The van der Waals surface area contributed by atoms with Crippen molar-refractivity contribution in [1.82, 2.24) is 5.32 Å². The summed E-state index contributed by atoms with van der Waals surface area (Å²) in [7, 11) is 1.69. The van der Waals surface area contributed by atoms with Gasteiger partial charge in [-0.05, 0) is 67.1 Å². The quantitative estimate of drug-likeness (QED) is 0.524. The highest BCUT2D eigenvalue weighted by Gasteiger charge is 2.28. The van der Waals surface area contributed by atoms with Gasteiger partial charge in [-0.2, -0.15) is 0 Å². The number of aliphatic hydroxyl groups is 1. The van der Waals surface area contributed by atoms with Crippen molar-refractivity contribution in [2.75, 3.05) is 20.3 Å². The first kappa shape index (κ1) is 21.1. The molecule has 0 fully saturated rings. The normalized spacial score (nSPS) is 17.9. The van der Waals surface area contributed by atoms with Crippen LogP contribution in [0, 0.1) is 11.7 Å². The third kappa shape index (κ3) is 4.31. The summed E-state index contributed by atoms with van der Waals surface area (Å²) in [5.41, 5.74) is 1.94. The van der Waals surface area contributed by atoms with E-state index in [1.807, 2.05) is 23.6 Å². The van der Waals surface area contributed by atoms with Gasteiger partial charge >= 0.3 is 0 Å². The minimum atomic E-state index is -0.617. The van der Waals surface area contributed by atoms with Gasteiger partial charge in [0.1, 0.15) is 17.3 Å². The fourth-order valence-electron chi connectivity index (χ4n) is 4.33. The maximum Gasteiger partial charge on any atom is 0.126 e. The largest absolute Gasteiger partial charge is 0.496 e. The lowest BCUT2D eigenvalue weighted by Gasteiger charge is -2.32. The molecule has 0 radical (unpaired) electrons. The molecule has 2 aromatic carbocycles. The van der Waals surface area contributed by atoms with Crippen molar-refractivity contribution < 1.29 is 19.0 Å². The van der Waals surface area contributed by atoms with E-state index in [1.54, 1.807) is 13.2 Å². The van der Waals surface area contributed by atoms with Crippen LogP contribution in [-0.2, 0) is 6.42 Å². The van der Waals surface area contributed by atoms with E-state index in [1.165, 1.54) is 23.5 Å². The Morgan fingerprint density at radius 2 is 2.20 bits per heavy atom. The van der Waals surface area contributed by atoms with Crippen LogP contribution >= 0.6 is 11.3 Å². The van der Waals surface area contributed by atoms with E-state index in [9.17, 15) is 9.50 Å². The number of rotatable bonds is 8. The van der Waals surface area contributed by atoms with Crippen LogP contribution in [0.15, 0.2) is 41.8 Å². The van der Waals surface area contributed by atoms with Gasteiger partial charge in [0.2, 0.25) is 0 Å². The molecule has 4 rings (SSSR count). The summed E-state index contributed by atoms with van der Waals surface area (Å²) < 4.78 is 26.1. The van der Waals surface area contributed by atoms with Crippen LogP contribution in [0.4, 0.5) is 4.39 Å². The predicted molar refractivity (Wildman–Crippen MR) is 119 cm³/mol. The average molecular weight is 430 g/mol. The number of benzene rings is 2. The summed E-state index contributed by atoms with van der Waals surface area (Å²) in [5, 5.41) is 17.0. The van der Waals surface area contributed by atoms with E-state index in [0.29, 0.717) is 25.5 Å². The van der Waals surface area contributed by atoms with Crippen LogP contribution in [-0.4, -0.2) is 31.4 Å². The maximum absolute atomic E-state index is 13.6. The predicted octanol–water partition coefficient (Wildman–Crippen LogP) is 5.09. The second-order valence-electron chi connectivity index (χ2n) is 7.82. The molecule has 1 aliphatic rings. The lowest BCUT2D eigenvalue weighted by atomic mass is 9.88. The molecule has 0 aliphatic carbocycles. The van der Waals surface area contributed by atoms with Gasteiger partial charge in [-0.15, -0.1) is 11.3 Å². The monoisotopic (exact) mass is 429 g/mol. The van der Waals surface area contributed by atoms with Crippen molar-refractivity contribution in [2.24, 2.45) is 5.92 Å². The first-order valence-corrected chi connectivity index (χ1v) is 11.4. The van der Waals surface area contributed by atoms with E-state index in [0.717, 1.165) is 45.6 Å². The Kier molecular flexibility index (Phi) is 6.56. The third-order valence-corrected chi connectivity index (χ3v) is 6.97. The van der Waals surface area contributed by atoms with E-state index < -0.39 is 6.10 Å². The van der Waals surface area contributed by atoms with Crippen LogP contribution < -0.4 is 14.8 Å². The molecule has 4 nitrogen and oxygen atoms in total. The number of nitrogens with one attached hydrogen (secondary N) is 1. The number of hydrogen-bond donors (Lipinski definition) is 2. The molecule has 160 valence electrons. The molecule has 6 heteroatoms. The first-order valence-electron chi connectivity index (χ1n) is 10.5. The fourth-order valence-corrected chi connectivity index (χ4v) is 5.32. The van der Waals surface area contributed by atoms with Crippen LogP contribution in [0.5, 0.6) is 11.5 Å². The summed E-state index contributed by atoms with van der Waals surface area (Å²) in [5.74, 6) is 1.85. The molecule has 0 spiro atoms. The molecular weight excluding hydrogens is 401 g/mol. The Balaban J connectivity index is 1.37. The molecule has 1 aromatic heterocycles. The summed E-state index contributed by atoms with van der Waals surface area (Å²) >= 11 is 1.54. The van der Waals surface area contributed by atoms with Crippen molar-refractivity contribution in [3.8, 4) is 11.5 Å². The highest BCUT2D eigenvalue weighted by atomic mass is 32.1. The molecule has 0 bridgehead atoms. The Labute approximate surface area is 180 Å². The number of ether oxygens (including phenoxy) is 2. The van der Waals surface area contributed by atoms with Gasteiger partial charge in [-0.3, -0.25) is 0 Å². The SMILES string of the molecule is CCC(NCCC(O)c1csc2ccc(F)cc12)C1COc2cccc(OC)c2C1. The minimum Gasteiger partial charge on any atom is -0.496 e. The fraction of sp³-hybridized carbons (Fsp3) is 0.417. The average Bonchev–Trinajstić information content (AvgIpc) is 3.19. The van der Waals surface area contributed by atoms with Gasteiger partial charge in [-0.25, -0.2) is 4.39 Å². The number of methoxy groups -OCH3 is 1. The van der Waals surface area contributed by atoms with Gasteiger partial charge in [0, 0.05) is 27.6 Å². The second kappa shape index (κ2) is 9.33. The molecule has 30 heavy (non-hydrogen) atoms. The summed E-state index contributed by atoms with van der Waals surface area (Å²) in [6.45, 7) is 3.52. The molecule has 0 saturated heterocycles. The number of hydrogen-bond acceptors (Lipinski definition) is 5. The van der Waals surface area contributed by atoms with Crippen molar-refractivity contribution in [3.63, 3.8) is 0 Å². The highest BCUT2D eigenvalue weighted by Crippen LogP contribution is 2.36. The molecule has 0 amide bonds. The molecule has 3 unspecified atom stereocenters. The Bertz CT molecular complexity index is 991. The van der Waals surface area contributed by atoms with E-state index in [4.69, 9.17) is 9.47 Å². The van der Waals surface area contributed by atoms with Crippen LogP contribution in [0.3, 0.4) is 0 Å².